The van der Waals surface area contributed by atoms with Gasteiger partial charge in [-0.05, 0) is 30.0 Å². The molecular weight excluding hydrogens is 205 g/mol. The molecule has 1 aromatic rings. The highest BCUT2D eigenvalue weighted by Gasteiger charge is 2.19. The SMILES string of the molecule is C[C@@H]1CCNc2cc(Cl)cc(Cl)c21. The summed E-state index contributed by atoms with van der Waals surface area (Å²) < 4.78 is 0. The summed E-state index contributed by atoms with van der Waals surface area (Å²) in [7, 11) is 0. The fourth-order valence-corrected chi connectivity index (χ4v) is 2.48. The van der Waals surface area contributed by atoms with Crippen molar-refractivity contribution < 1.29 is 0 Å². The van der Waals surface area contributed by atoms with Gasteiger partial charge in [-0.25, -0.2) is 0 Å². The minimum atomic E-state index is 0.529. The van der Waals surface area contributed by atoms with E-state index in [1.807, 2.05) is 12.1 Å². The zero-order valence-electron chi connectivity index (χ0n) is 7.40. The molecule has 1 heterocycles. The van der Waals surface area contributed by atoms with Crippen LogP contribution in [0.2, 0.25) is 10.0 Å². The normalized spacial score (nSPS) is 20.7. The largest absolute Gasteiger partial charge is 0.385 e. The quantitative estimate of drug-likeness (QED) is 0.693. The summed E-state index contributed by atoms with van der Waals surface area (Å²) in [6.07, 6.45) is 1.13. The molecule has 0 fully saturated rings. The van der Waals surface area contributed by atoms with Crippen LogP contribution in [0.15, 0.2) is 12.1 Å². The maximum Gasteiger partial charge on any atom is 0.0476 e. The molecule has 0 aromatic heterocycles. The lowest BCUT2D eigenvalue weighted by atomic mass is 9.93. The summed E-state index contributed by atoms with van der Waals surface area (Å²) in [4.78, 5) is 0. The fraction of sp³-hybridized carbons (Fsp3) is 0.400. The van der Waals surface area contributed by atoms with Gasteiger partial charge in [0.15, 0.2) is 0 Å². The number of halogens is 2. The second-order valence-electron chi connectivity index (χ2n) is 3.47. The van der Waals surface area contributed by atoms with Crippen LogP contribution in [0.3, 0.4) is 0 Å². The number of hydrogen-bond donors (Lipinski definition) is 1. The van der Waals surface area contributed by atoms with Crippen LogP contribution in [0.5, 0.6) is 0 Å². The maximum absolute atomic E-state index is 6.12. The number of benzene rings is 1. The molecule has 1 nitrogen and oxygen atoms in total. The van der Waals surface area contributed by atoms with Crippen molar-refractivity contribution in [1.82, 2.24) is 0 Å². The maximum atomic E-state index is 6.12. The van der Waals surface area contributed by atoms with Crippen molar-refractivity contribution in [2.75, 3.05) is 11.9 Å². The number of hydrogen-bond acceptors (Lipinski definition) is 1. The Balaban J connectivity index is 2.56. The first-order valence-corrected chi connectivity index (χ1v) is 5.17. The van der Waals surface area contributed by atoms with E-state index in [4.69, 9.17) is 23.2 Å². The van der Waals surface area contributed by atoms with Gasteiger partial charge in [-0.1, -0.05) is 30.1 Å². The van der Waals surface area contributed by atoms with E-state index >= 15 is 0 Å². The molecule has 0 saturated heterocycles. The minimum absolute atomic E-state index is 0.529. The van der Waals surface area contributed by atoms with E-state index < -0.39 is 0 Å². The van der Waals surface area contributed by atoms with Gasteiger partial charge in [0.25, 0.3) is 0 Å². The van der Waals surface area contributed by atoms with Crippen molar-refractivity contribution in [3.63, 3.8) is 0 Å². The van der Waals surface area contributed by atoms with Gasteiger partial charge in [0.2, 0.25) is 0 Å². The second-order valence-corrected chi connectivity index (χ2v) is 4.31. The van der Waals surface area contributed by atoms with Gasteiger partial charge in [-0.3, -0.25) is 0 Å². The molecule has 1 aliphatic heterocycles. The summed E-state index contributed by atoms with van der Waals surface area (Å²) in [5.41, 5.74) is 2.30. The lowest BCUT2D eigenvalue weighted by Crippen LogP contribution is -2.15. The summed E-state index contributed by atoms with van der Waals surface area (Å²) in [5.74, 6) is 0.529. The number of nitrogens with one attached hydrogen (secondary N) is 1. The molecule has 70 valence electrons. The van der Waals surface area contributed by atoms with E-state index in [0.29, 0.717) is 10.9 Å². The van der Waals surface area contributed by atoms with Gasteiger partial charge in [0.05, 0.1) is 0 Å². The molecule has 0 saturated carbocycles. The van der Waals surface area contributed by atoms with Crippen LogP contribution >= 0.6 is 23.2 Å². The first-order chi connectivity index (χ1) is 6.18. The first-order valence-electron chi connectivity index (χ1n) is 4.41. The molecule has 3 heteroatoms. The van der Waals surface area contributed by atoms with Crippen LogP contribution in [-0.2, 0) is 0 Å². The molecule has 1 atom stereocenters. The van der Waals surface area contributed by atoms with Crippen LogP contribution in [-0.4, -0.2) is 6.54 Å². The monoisotopic (exact) mass is 215 g/mol. The summed E-state index contributed by atoms with van der Waals surface area (Å²) in [5, 5.41) is 4.78. The van der Waals surface area contributed by atoms with Crippen molar-refractivity contribution in [3.8, 4) is 0 Å². The fourth-order valence-electron chi connectivity index (χ4n) is 1.80. The Kier molecular flexibility index (Phi) is 2.39. The van der Waals surface area contributed by atoms with Crippen LogP contribution < -0.4 is 5.32 Å². The third-order valence-corrected chi connectivity index (χ3v) is 3.01. The third kappa shape index (κ3) is 1.63. The zero-order chi connectivity index (χ0) is 9.42. The van der Waals surface area contributed by atoms with E-state index in [0.717, 1.165) is 23.7 Å². The van der Waals surface area contributed by atoms with Crippen molar-refractivity contribution in [3.05, 3.63) is 27.7 Å². The Morgan fingerprint density at radius 2 is 2.15 bits per heavy atom. The second kappa shape index (κ2) is 3.39. The van der Waals surface area contributed by atoms with Crippen molar-refractivity contribution in [2.45, 2.75) is 19.3 Å². The Labute approximate surface area is 88.0 Å². The van der Waals surface area contributed by atoms with E-state index in [2.05, 4.69) is 12.2 Å². The van der Waals surface area contributed by atoms with Crippen LogP contribution in [0, 0.1) is 0 Å². The average Bonchev–Trinajstić information content (AvgIpc) is 2.02. The predicted molar refractivity (Wildman–Crippen MR) is 58.0 cm³/mol. The van der Waals surface area contributed by atoms with Crippen LogP contribution in [0.25, 0.3) is 0 Å². The molecule has 2 rings (SSSR count). The molecular formula is C10H11Cl2N. The molecule has 1 aromatic carbocycles. The summed E-state index contributed by atoms with van der Waals surface area (Å²) in [6.45, 7) is 3.20. The van der Waals surface area contributed by atoms with Gasteiger partial charge in [-0.2, -0.15) is 0 Å². The number of fused-ring (bicyclic) bond motifs is 1. The molecule has 0 radical (unpaired) electrons. The van der Waals surface area contributed by atoms with Crippen LogP contribution in [0.4, 0.5) is 5.69 Å². The molecule has 1 aliphatic rings. The highest BCUT2D eigenvalue weighted by Crippen LogP contribution is 2.38. The van der Waals surface area contributed by atoms with E-state index in [1.165, 1.54) is 5.56 Å². The summed E-state index contributed by atoms with van der Waals surface area (Å²) >= 11 is 12.0. The van der Waals surface area contributed by atoms with Crippen LogP contribution in [0.1, 0.15) is 24.8 Å². The standard InChI is InChI=1S/C10H11Cl2N/c1-6-2-3-13-9-5-7(11)4-8(12)10(6)9/h4-6,13H,2-3H2,1H3/t6-/m1/s1. The predicted octanol–water partition coefficient (Wildman–Crippen LogP) is 3.91. The molecule has 1 N–H and O–H groups in total. The first kappa shape index (κ1) is 9.17. The average molecular weight is 216 g/mol. The van der Waals surface area contributed by atoms with Crippen molar-refractivity contribution >= 4 is 28.9 Å². The Morgan fingerprint density at radius 1 is 1.38 bits per heavy atom. The molecule has 0 aliphatic carbocycles. The van der Waals surface area contributed by atoms with Crippen molar-refractivity contribution in [2.24, 2.45) is 0 Å². The van der Waals surface area contributed by atoms with Gasteiger partial charge in [0.1, 0.15) is 0 Å². The lowest BCUT2D eigenvalue weighted by Gasteiger charge is -2.25. The van der Waals surface area contributed by atoms with E-state index in [-0.39, 0.29) is 0 Å². The topological polar surface area (TPSA) is 12.0 Å². The molecule has 0 spiro atoms. The van der Waals surface area contributed by atoms with Gasteiger partial charge in [0, 0.05) is 22.3 Å². The highest BCUT2D eigenvalue weighted by atomic mass is 35.5. The Hall–Kier alpha value is -0.400. The molecule has 0 amide bonds. The van der Waals surface area contributed by atoms with Gasteiger partial charge in [-0.15, -0.1) is 0 Å². The smallest absolute Gasteiger partial charge is 0.0476 e. The van der Waals surface area contributed by atoms with Crippen molar-refractivity contribution in [1.29, 1.82) is 0 Å². The molecule has 13 heavy (non-hydrogen) atoms. The van der Waals surface area contributed by atoms with Gasteiger partial charge >= 0.3 is 0 Å². The summed E-state index contributed by atoms with van der Waals surface area (Å²) in [6, 6.07) is 3.75. The number of anilines is 1. The Morgan fingerprint density at radius 3 is 2.92 bits per heavy atom. The number of rotatable bonds is 0. The van der Waals surface area contributed by atoms with E-state index in [1.54, 1.807) is 0 Å². The molecule has 0 bridgehead atoms. The zero-order valence-corrected chi connectivity index (χ0v) is 8.91. The lowest BCUT2D eigenvalue weighted by molar-refractivity contribution is 0.684. The third-order valence-electron chi connectivity index (χ3n) is 2.48. The highest BCUT2D eigenvalue weighted by molar-refractivity contribution is 6.35. The minimum Gasteiger partial charge on any atom is -0.385 e. The van der Waals surface area contributed by atoms with E-state index in [9.17, 15) is 0 Å². The van der Waals surface area contributed by atoms with Gasteiger partial charge < -0.3 is 5.32 Å². The Bertz CT molecular complexity index is 336. The molecule has 0 unspecified atom stereocenters.